The van der Waals surface area contributed by atoms with E-state index in [9.17, 15) is 9.59 Å². The van der Waals surface area contributed by atoms with E-state index in [2.05, 4.69) is 4.98 Å². The number of carbonyl (C=O) groups excluding carboxylic acids is 1. The number of rotatable bonds is 2. The number of aromatic nitrogens is 1. The van der Waals surface area contributed by atoms with E-state index in [0.29, 0.717) is 0 Å². The highest BCUT2D eigenvalue weighted by Crippen LogP contribution is 1.99. The third kappa shape index (κ3) is 1.61. The average Bonchev–Trinajstić information content (AvgIpc) is 2.05. The molecule has 11 heavy (non-hydrogen) atoms. The van der Waals surface area contributed by atoms with Gasteiger partial charge in [-0.15, -0.1) is 0 Å². The number of aromatic carboxylic acids is 1. The minimum absolute atomic E-state index is 0.00847. The molecule has 0 aromatic carbocycles. The van der Waals surface area contributed by atoms with Crippen molar-refractivity contribution in [3.63, 3.8) is 0 Å². The minimum Gasteiger partial charge on any atom is -0.478 e. The maximum absolute atomic E-state index is 10.3. The molecule has 1 N–H and O–H groups in total. The van der Waals surface area contributed by atoms with Crippen LogP contribution < -0.4 is 0 Å². The number of carboxylic acid groups (broad SMARTS) is 1. The van der Waals surface area contributed by atoms with Crippen LogP contribution in [0.15, 0.2) is 18.5 Å². The fourth-order valence-electron chi connectivity index (χ4n) is 0.613. The van der Waals surface area contributed by atoms with Gasteiger partial charge in [0.2, 0.25) is 6.29 Å². The van der Waals surface area contributed by atoms with E-state index in [0.717, 1.165) is 0 Å². The molecule has 1 rings (SSSR count). The summed E-state index contributed by atoms with van der Waals surface area (Å²) >= 11 is 0. The molecule has 0 atom stereocenters. The van der Waals surface area contributed by atoms with Crippen molar-refractivity contribution in [2.24, 2.45) is 0 Å². The van der Waals surface area contributed by atoms with Crippen molar-refractivity contribution >= 4 is 12.3 Å². The Morgan fingerprint density at radius 3 is 2.82 bits per heavy atom. The molecule has 0 saturated heterocycles. The summed E-state index contributed by atoms with van der Waals surface area (Å²) in [6.45, 7) is 0. The van der Waals surface area contributed by atoms with E-state index in [1.165, 1.54) is 18.5 Å². The number of hydrogen-bond acceptors (Lipinski definition) is 3. The standard InChI is InChI=1S/C7H4NO3/c9-4-5-1-6(7(10)11)3-8-2-5/h1-3H,(H,10,11). The summed E-state index contributed by atoms with van der Waals surface area (Å²) < 4.78 is 0. The number of hydrogen-bond donors (Lipinski definition) is 1. The minimum atomic E-state index is -1.10. The SMILES string of the molecule is O=[C]c1cncc(C(=O)O)c1. The first-order chi connectivity index (χ1) is 5.24. The van der Waals surface area contributed by atoms with Crippen LogP contribution in [0, 0.1) is 0 Å². The first kappa shape index (κ1) is 7.40. The highest BCUT2D eigenvalue weighted by atomic mass is 16.4. The Kier molecular flexibility index (Phi) is 1.96. The second-order valence-corrected chi connectivity index (χ2v) is 1.87. The van der Waals surface area contributed by atoms with Crippen LogP contribution in [0.2, 0.25) is 0 Å². The van der Waals surface area contributed by atoms with Crippen LogP contribution in [0.3, 0.4) is 0 Å². The van der Waals surface area contributed by atoms with Crippen molar-refractivity contribution in [1.29, 1.82) is 0 Å². The Balaban J connectivity index is 3.10. The van der Waals surface area contributed by atoms with Gasteiger partial charge in [-0.2, -0.15) is 0 Å². The van der Waals surface area contributed by atoms with Gasteiger partial charge >= 0.3 is 5.97 Å². The Morgan fingerprint density at radius 2 is 2.27 bits per heavy atom. The Bertz CT molecular complexity index is 295. The molecule has 0 aliphatic heterocycles. The number of nitrogens with zero attached hydrogens (tertiary/aromatic N) is 1. The number of pyridine rings is 1. The van der Waals surface area contributed by atoms with E-state index in [4.69, 9.17) is 5.11 Å². The molecule has 1 aromatic heterocycles. The van der Waals surface area contributed by atoms with Gasteiger partial charge in [0, 0.05) is 18.0 Å². The molecule has 0 aliphatic rings. The van der Waals surface area contributed by atoms with Crippen LogP contribution in [0.4, 0.5) is 0 Å². The summed E-state index contributed by atoms with van der Waals surface area (Å²) in [6, 6.07) is 1.21. The van der Waals surface area contributed by atoms with Gasteiger partial charge in [0.1, 0.15) is 0 Å². The molecular formula is C7H4NO3. The van der Waals surface area contributed by atoms with Gasteiger partial charge in [0.05, 0.1) is 5.56 Å². The number of carbonyl (C=O) groups is 1. The average molecular weight is 150 g/mol. The maximum atomic E-state index is 10.3. The summed E-state index contributed by atoms with van der Waals surface area (Å²) in [7, 11) is 0. The zero-order chi connectivity index (χ0) is 8.27. The van der Waals surface area contributed by atoms with Crippen molar-refractivity contribution < 1.29 is 14.7 Å². The largest absolute Gasteiger partial charge is 0.478 e. The topological polar surface area (TPSA) is 67.3 Å². The molecule has 1 radical (unpaired) electrons. The Labute approximate surface area is 62.5 Å². The van der Waals surface area contributed by atoms with E-state index >= 15 is 0 Å². The van der Waals surface area contributed by atoms with Gasteiger partial charge in [0.15, 0.2) is 0 Å². The molecule has 0 fully saturated rings. The van der Waals surface area contributed by atoms with Crippen molar-refractivity contribution in [2.75, 3.05) is 0 Å². The molecule has 0 spiro atoms. The van der Waals surface area contributed by atoms with E-state index in [1.807, 2.05) is 0 Å². The lowest BCUT2D eigenvalue weighted by atomic mass is 10.2. The van der Waals surface area contributed by atoms with Crippen LogP contribution in [-0.2, 0) is 4.79 Å². The third-order valence-electron chi connectivity index (χ3n) is 1.10. The second-order valence-electron chi connectivity index (χ2n) is 1.87. The molecule has 1 heterocycles. The van der Waals surface area contributed by atoms with E-state index < -0.39 is 5.97 Å². The molecule has 0 unspecified atom stereocenters. The lowest BCUT2D eigenvalue weighted by Gasteiger charge is -1.91. The summed E-state index contributed by atoms with van der Waals surface area (Å²) in [5.41, 5.74) is 0.135. The smallest absolute Gasteiger partial charge is 0.337 e. The molecule has 0 bridgehead atoms. The Morgan fingerprint density at radius 1 is 1.55 bits per heavy atom. The maximum Gasteiger partial charge on any atom is 0.337 e. The van der Waals surface area contributed by atoms with Gasteiger partial charge < -0.3 is 5.11 Å². The van der Waals surface area contributed by atoms with Crippen LogP contribution in [0.25, 0.3) is 0 Å². The molecular weight excluding hydrogens is 146 g/mol. The lowest BCUT2D eigenvalue weighted by molar-refractivity contribution is 0.0696. The monoisotopic (exact) mass is 150 g/mol. The molecule has 0 aliphatic carbocycles. The predicted octanol–water partition coefficient (Wildman–Crippen LogP) is 0.238. The molecule has 55 valence electrons. The normalized spacial score (nSPS) is 9.09. The quantitative estimate of drug-likeness (QED) is 0.655. The van der Waals surface area contributed by atoms with Gasteiger partial charge in [-0.05, 0) is 6.07 Å². The van der Waals surface area contributed by atoms with Crippen LogP contribution in [-0.4, -0.2) is 22.3 Å². The first-order valence-electron chi connectivity index (χ1n) is 2.80. The lowest BCUT2D eigenvalue weighted by Crippen LogP contribution is -1.98. The van der Waals surface area contributed by atoms with E-state index in [1.54, 1.807) is 6.29 Å². The summed E-state index contributed by atoms with van der Waals surface area (Å²) in [5, 5.41) is 8.43. The first-order valence-corrected chi connectivity index (χ1v) is 2.80. The van der Waals surface area contributed by atoms with Crippen LogP contribution in [0.5, 0.6) is 0 Å². The van der Waals surface area contributed by atoms with Gasteiger partial charge in [-0.3, -0.25) is 9.78 Å². The molecule has 1 aromatic rings. The van der Waals surface area contributed by atoms with Crippen LogP contribution in [0.1, 0.15) is 15.9 Å². The van der Waals surface area contributed by atoms with Crippen molar-refractivity contribution in [3.05, 3.63) is 29.6 Å². The van der Waals surface area contributed by atoms with Crippen molar-refractivity contribution in [2.45, 2.75) is 0 Å². The predicted molar refractivity (Wildman–Crippen MR) is 36.0 cm³/mol. The highest BCUT2D eigenvalue weighted by Gasteiger charge is 2.02. The summed E-state index contributed by atoms with van der Waals surface area (Å²) in [6.07, 6.45) is 3.97. The highest BCUT2D eigenvalue weighted by molar-refractivity contribution is 5.89. The third-order valence-corrected chi connectivity index (χ3v) is 1.10. The zero-order valence-corrected chi connectivity index (χ0v) is 5.44. The zero-order valence-electron chi connectivity index (χ0n) is 5.44. The van der Waals surface area contributed by atoms with Gasteiger partial charge in [0.25, 0.3) is 0 Å². The van der Waals surface area contributed by atoms with Gasteiger partial charge in [-0.25, -0.2) is 4.79 Å². The summed E-state index contributed by atoms with van der Waals surface area (Å²) in [5.74, 6) is -1.10. The van der Waals surface area contributed by atoms with Crippen LogP contribution >= 0.6 is 0 Å². The van der Waals surface area contributed by atoms with Gasteiger partial charge in [-0.1, -0.05) is 0 Å². The molecule has 0 amide bonds. The van der Waals surface area contributed by atoms with Crippen molar-refractivity contribution in [1.82, 2.24) is 4.98 Å². The Hall–Kier alpha value is -1.71. The summed E-state index contributed by atoms with van der Waals surface area (Å²) in [4.78, 5) is 23.9. The number of carboxylic acids is 1. The van der Waals surface area contributed by atoms with E-state index in [-0.39, 0.29) is 11.1 Å². The van der Waals surface area contributed by atoms with Crippen molar-refractivity contribution in [3.8, 4) is 0 Å². The fraction of sp³-hybridized carbons (Fsp3) is 0. The fourth-order valence-corrected chi connectivity index (χ4v) is 0.613. The molecule has 4 nitrogen and oxygen atoms in total. The molecule has 0 saturated carbocycles. The molecule has 4 heteroatoms. The second kappa shape index (κ2) is 2.92.